The van der Waals surface area contributed by atoms with Crippen LogP contribution in [0.5, 0.6) is 0 Å². The third kappa shape index (κ3) is 3.69. The molecule has 0 aliphatic rings. The van der Waals surface area contributed by atoms with Gasteiger partial charge in [0, 0.05) is 0 Å². The Morgan fingerprint density at radius 1 is 1.10 bits per heavy atom. The van der Waals surface area contributed by atoms with Crippen LogP contribution in [-0.4, -0.2) is 15.5 Å². The largest absolute Gasteiger partial charge is 0.240 e. The van der Waals surface area contributed by atoms with Crippen LogP contribution in [0, 0.1) is 11.3 Å². The van der Waals surface area contributed by atoms with Gasteiger partial charge in [-0.3, -0.25) is 0 Å². The smallest absolute Gasteiger partial charge is 0.214 e. The maximum atomic E-state index is 11.7. The summed E-state index contributed by atoms with van der Waals surface area (Å²) in [4.78, 5) is 0.116. The molecule has 2 rings (SSSR count). The van der Waals surface area contributed by atoms with Crippen molar-refractivity contribution in [1.82, 2.24) is 4.72 Å². The molecule has 0 bridgehead atoms. The average Bonchev–Trinajstić information content (AvgIpc) is 2.53. The van der Waals surface area contributed by atoms with Gasteiger partial charge in [0.25, 0.3) is 0 Å². The number of nitrogens with zero attached hydrogens (tertiary/aromatic N) is 1. The summed E-state index contributed by atoms with van der Waals surface area (Å²) in [6, 6.07) is 16.7. The predicted octanol–water partition coefficient (Wildman–Crippen LogP) is 2.25. The standard InChI is InChI=1S/C16H16N2O2S/c1-18-21(19,20)16-10-9-14(15(11-16)12-17)8-7-13-5-3-2-4-6-13/h2-6,9-11,18H,7-8H2,1H3. The van der Waals surface area contributed by atoms with Crippen LogP contribution in [0.4, 0.5) is 0 Å². The van der Waals surface area contributed by atoms with E-state index in [1.54, 1.807) is 6.07 Å². The maximum Gasteiger partial charge on any atom is 0.240 e. The highest BCUT2D eigenvalue weighted by Gasteiger charge is 2.13. The molecule has 0 atom stereocenters. The summed E-state index contributed by atoms with van der Waals surface area (Å²) >= 11 is 0. The predicted molar refractivity (Wildman–Crippen MR) is 81.3 cm³/mol. The fourth-order valence-corrected chi connectivity index (χ4v) is 2.84. The van der Waals surface area contributed by atoms with Gasteiger partial charge in [-0.15, -0.1) is 0 Å². The van der Waals surface area contributed by atoms with E-state index in [1.165, 1.54) is 24.7 Å². The van der Waals surface area contributed by atoms with Crippen LogP contribution in [-0.2, 0) is 22.9 Å². The molecule has 0 aromatic heterocycles. The lowest BCUT2D eigenvalue weighted by Gasteiger charge is -2.07. The maximum absolute atomic E-state index is 11.7. The SMILES string of the molecule is CNS(=O)(=O)c1ccc(CCc2ccccc2)c(C#N)c1. The fourth-order valence-electron chi connectivity index (χ4n) is 2.09. The quantitative estimate of drug-likeness (QED) is 0.920. The van der Waals surface area contributed by atoms with Crippen molar-refractivity contribution in [2.45, 2.75) is 17.7 Å². The zero-order valence-electron chi connectivity index (χ0n) is 11.7. The molecule has 0 spiro atoms. The Morgan fingerprint density at radius 3 is 2.43 bits per heavy atom. The van der Waals surface area contributed by atoms with Crippen molar-refractivity contribution in [3.8, 4) is 6.07 Å². The molecule has 0 saturated heterocycles. The molecule has 4 nitrogen and oxygen atoms in total. The van der Waals surface area contributed by atoms with E-state index in [0.717, 1.165) is 12.0 Å². The number of sulfonamides is 1. The number of aryl methyl sites for hydroxylation is 2. The molecule has 1 N–H and O–H groups in total. The van der Waals surface area contributed by atoms with Crippen LogP contribution in [0.25, 0.3) is 0 Å². The molecule has 21 heavy (non-hydrogen) atoms. The highest BCUT2D eigenvalue weighted by atomic mass is 32.2. The first-order chi connectivity index (χ1) is 10.1. The number of benzene rings is 2. The van der Waals surface area contributed by atoms with Crippen molar-refractivity contribution in [2.75, 3.05) is 7.05 Å². The summed E-state index contributed by atoms with van der Waals surface area (Å²) in [7, 11) is -2.16. The Kier molecular flexibility index (Phi) is 4.73. The minimum atomic E-state index is -3.52. The zero-order valence-corrected chi connectivity index (χ0v) is 12.5. The summed E-state index contributed by atoms with van der Waals surface area (Å²) in [6.07, 6.45) is 1.51. The molecule has 2 aromatic carbocycles. The number of hydrogen-bond donors (Lipinski definition) is 1. The van der Waals surface area contributed by atoms with E-state index in [9.17, 15) is 13.7 Å². The van der Waals surface area contributed by atoms with Crippen molar-refractivity contribution < 1.29 is 8.42 Å². The van der Waals surface area contributed by atoms with Crippen molar-refractivity contribution in [3.05, 3.63) is 65.2 Å². The van der Waals surface area contributed by atoms with Crippen LogP contribution >= 0.6 is 0 Å². The topological polar surface area (TPSA) is 70.0 Å². The Balaban J connectivity index is 2.24. The molecule has 2 aromatic rings. The van der Waals surface area contributed by atoms with Crippen LogP contribution in [0.15, 0.2) is 53.4 Å². The van der Waals surface area contributed by atoms with Gasteiger partial charge in [0.1, 0.15) is 0 Å². The highest BCUT2D eigenvalue weighted by molar-refractivity contribution is 7.89. The molecule has 5 heteroatoms. The second kappa shape index (κ2) is 6.53. The fraction of sp³-hybridized carbons (Fsp3) is 0.188. The second-order valence-corrected chi connectivity index (χ2v) is 6.51. The third-order valence-electron chi connectivity index (χ3n) is 3.31. The zero-order chi connectivity index (χ0) is 15.3. The Bertz CT molecular complexity index is 763. The summed E-state index contributed by atoms with van der Waals surface area (Å²) in [5, 5.41) is 9.21. The highest BCUT2D eigenvalue weighted by Crippen LogP contribution is 2.17. The summed E-state index contributed by atoms with van der Waals surface area (Å²) in [6.45, 7) is 0. The molecule has 0 aliphatic carbocycles. The van der Waals surface area contributed by atoms with Crippen molar-refractivity contribution in [1.29, 1.82) is 5.26 Å². The number of nitrogens with one attached hydrogen (secondary N) is 1. The minimum absolute atomic E-state index is 0.116. The van der Waals surface area contributed by atoms with E-state index < -0.39 is 10.0 Å². The summed E-state index contributed by atoms with van der Waals surface area (Å²) < 4.78 is 25.7. The lowest BCUT2D eigenvalue weighted by molar-refractivity contribution is 0.588. The van der Waals surface area contributed by atoms with Crippen molar-refractivity contribution >= 4 is 10.0 Å². The van der Waals surface area contributed by atoms with Gasteiger partial charge in [-0.1, -0.05) is 36.4 Å². The second-order valence-electron chi connectivity index (χ2n) is 4.62. The van der Waals surface area contributed by atoms with Gasteiger partial charge < -0.3 is 0 Å². The Hall–Kier alpha value is -2.16. The van der Waals surface area contributed by atoms with E-state index >= 15 is 0 Å². The minimum Gasteiger partial charge on any atom is -0.214 e. The molecule has 0 aliphatic heterocycles. The van der Waals surface area contributed by atoms with Gasteiger partial charge in [-0.05, 0) is 43.1 Å². The molecular formula is C16H16N2O2S. The van der Waals surface area contributed by atoms with Crippen LogP contribution in [0.2, 0.25) is 0 Å². The van der Waals surface area contributed by atoms with E-state index in [-0.39, 0.29) is 4.90 Å². The van der Waals surface area contributed by atoms with Crippen LogP contribution < -0.4 is 4.72 Å². The van der Waals surface area contributed by atoms with E-state index in [0.29, 0.717) is 12.0 Å². The van der Waals surface area contributed by atoms with E-state index in [4.69, 9.17) is 0 Å². The normalized spacial score (nSPS) is 11.0. The third-order valence-corrected chi connectivity index (χ3v) is 4.72. The summed E-state index contributed by atoms with van der Waals surface area (Å²) in [5.74, 6) is 0. The molecule has 0 heterocycles. The van der Waals surface area contributed by atoms with Gasteiger partial charge in [-0.2, -0.15) is 5.26 Å². The number of nitriles is 1. The van der Waals surface area contributed by atoms with Crippen LogP contribution in [0.3, 0.4) is 0 Å². The van der Waals surface area contributed by atoms with E-state index in [2.05, 4.69) is 10.8 Å². The van der Waals surface area contributed by atoms with Gasteiger partial charge in [0.15, 0.2) is 0 Å². The lowest BCUT2D eigenvalue weighted by Crippen LogP contribution is -2.18. The van der Waals surface area contributed by atoms with Crippen molar-refractivity contribution in [3.63, 3.8) is 0 Å². The molecule has 0 radical (unpaired) electrons. The number of rotatable bonds is 5. The van der Waals surface area contributed by atoms with Gasteiger partial charge in [-0.25, -0.2) is 13.1 Å². The first-order valence-corrected chi connectivity index (χ1v) is 8.05. The Morgan fingerprint density at radius 2 is 1.81 bits per heavy atom. The molecule has 0 saturated carbocycles. The molecular weight excluding hydrogens is 284 g/mol. The number of hydrogen-bond acceptors (Lipinski definition) is 3. The lowest BCUT2D eigenvalue weighted by atomic mass is 10.0. The molecule has 0 amide bonds. The monoisotopic (exact) mass is 300 g/mol. The van der Waals surface area contributed by atoms with Gasteiger partial charge in [0.05, 0.1) is 16.5 Å². The van der Waals surface area contributed by atoms with Gasteiger partial charge in [0.2, 0.25) is 10.0 Å². The first kappa shape index (κ1) is 15.2. The van der Waals surface area contributed by atoms with Crippen LogP contribution in [0.1, 0.15) is 16.7 Å². The van der Waals surface area contributed by atoms with Crippen molar-refractivity contribution in [2.24, 2.45) is 0 Å². The molecule has 0 fully saturated rings. The first-order valence-electron chi connectivity index (χ1n) is 6.57. The van der Waals surface area contributed by atoms with E-state index in [1.807, 2.05) is 30.3 Å². The molecule has 108 valence electrons. The average molecular weight is 300 g/mol. The van der Waals surface area contributed by atoms with Gasteiger partial charge >= 0.3 is 0 Å². The summed E-state index contributed by atoms with van der Waals surface area (Å²) in [5.41, 5.74) is 2.45. The Labute approximate surface area is 125 Å². The molecule has 0 unspecified atom stereocenters.